The summed E-state index contributed by atoms with van der Waals surface area (Å²) in [6.45, 7) is 11.2. The predicted molar refractivity (Wildman–Crippen MR) is 102 cm³/mol. The molecule has 1 aromatic heterocycles. The number of aromatic nitrogens is 2. The topological polar surface area (TPSA) is 76.2 Å². The molecule has 0 spiro atoms. The number of hydrogen-bond donors (Lipinski definition) is 2. The lowest BCUT2D eigenvalue weighted by molar-refractivity contribution is 0.0934. The molecule has 0 saturated heterocycles. The third kappa shape index (κ3) is 5.25. The van der Waals surface area contributed by atoms with Gasteiger partial charge in [0.15, 0.2) is 11.5 Å². The summed E-state index contributed by atoms with van der Waals surface area (Å²) in [7, 11) is 0. The molecule has 0 aliphatic carbocycles. The standard InChI is InChI=1S/C20H29N3O3/c1-6-25-18-9-8-15(11-19(18)26-7-2)14(5)21-20(24)17-12-16(22-23-17)10-13(3)4/h8-9,11-14H,6-7,10H2,1-5H3,(H,21,24)(H,22,23). The zero-order valence-corrected chi connectivity index (χ0v) is 16.3. The van der Waals surface area contributed by atoms with Crippen LogP contribution in [-0.2, 0) is 6.42 Å². The number of amides is 1. The molecule has 1 heterocycles. The molecule has 1 unspecified atom stereocenters. The molecule has 2 rings (SSSR count). The van der Waals surface area contributed by atoms with Crippen LogP contribution in [0.25, 0.3) is 0 Å². The van der Waals surface area contributed by atoms with E-state index < -0.39 is 0 Å². The SMILES string of the molecule is CCOc1ccc(C(C)NC(=O)c2cc(CC(C)C)[nH]n2)cc1OCC. The Bertz CT molecular complexity index is 725. The van der Waals surface area contributed by atoms with Crippen LogP contribution in [0, 0.1) is 5.92 Å². The minimum atomic E-state index is -0.199. The molecule has 1 amide bonds. The highest BCUT2D eigenvalue weighted by Gasteiger charge is 2.16. The van der Waals surface area contributed by atoms with E-state index in [1.54, 1.807) is 0 Å². The highest BCUT2D eigenvalue weighted by Crippen LogP contribution is 2.30. The van der Waals surface area contributed by atoms with Gasteiger partial charge in [0.1, 0.15) is 5.69 Å². The summed E-state index contributed by atoms with van der Waals surface area (Å²) in [6, 6.07) is 7.36. The maximum Gasteiger partial charge on any atom is 0.272 e. The Morgan fingerprint density at radius 2 is 1.81 bits per heavy atom. The van der Waals surface area contributed by atoms with Gasteiger partial charge in [0, 0.05) is 5.69 Å². The summed E-state index contributed by atoms with van der Waals surface area (Å²) < 4.78 is 11.2. The summed E-state index contributed by atoms with van der Waals surface area (Å²) in [5.74, 6) is 1.70. The number of aromatic amines is 1. The maximum atomic E-state index is 12.5. The van der Waals surface area contributed by atoms with Crippen molar-refractivity contribution in [1.82, 2.24) is 15.5 Å². The largest absolute Gasteiger partial charge is 0.490 e. The Morgan fingerprint density at radius 3 is 2.46 bits per heavy atom. The fourth-order valence-electron chi connectivity index (χ4n) is 2.71. The summed E-state index contributed by atoms with van der Waals surface area (Å²) in [5, 5.41) is 10.0. The van der Waals surface area contributed by atoms with Crippen LogP contribution in [0.15, 0.2) is 24.3 Å². The molecule has 0 fully saturated rings. The second kappa shape index (κ2) is 9.27. The lowest BCUT2D eigenvalue weighted by atomic mass is 10.1. The number of benzene rings is 1. The maximum absolute atomic E-state index is 12.5. The summed E-state index contributed by atoms with van der Waals surface area (Å²) >= 11 is 0. The number of hydrogen-bond acceptors (Lipinski definition) is 4. The highest BCUT2D eigenvalue weighted by molar-refractivity contribution is 5.92. The molecule has 1 atom stereocenters. The number of H-pyrrole nitrogens is 1. The third-order valence-electron chi connectivity index (χ3n) is 3.91. The van der Waals surface area contributed by atoms with Gasteiger partial charge in [0.05, 0.1) is 19.3 Å². The Kier molecular flexibility index (Phi) is 7.06. The minimum Gasteiger partial charge on any atom is -0.490 e. The van der Waals surface area contributed by atoms with Gasteiger partial charge >= 0.3 is 0 Å². The van der Waals surface area contributed by atoms with Crippen LogP contribution >= 0.6 is 0 Å². The zero-order chi connectivity index (χ0) is 19.1. The number of nitrogens with one attached hydrogen (secondary N) is 2. The van der Waals surface area contributed by atoms with E-state index in [0.717, 1.165) is 17.7 Å². The van der Waals surface area contributed by atoms with Gasteiger partial charge in [0.25, 0.3) is 5.91 Å². The first-order valence-electron chi connectivity index (χ1n) is 9.19. The number of carbonyl (C=O) groups is 1. The van der Waals surface area contributed by atoms with Gasteiger partial charge in [-0.3, -0.25) is 9.89 Å². The Hall–Kier alpha value is -2.50. The van der Waals surface area contributed by atoms with Gasteiger partial charge in [-0.25, -0.2) is 0 Å². The average Bonchev–Trinajstić information content (AvgIpc) is 3.04. The van der Waals surface area contributed by atoms with Crippen LogP contribution < -0.4 is 14.8 Å². The van der Waals surface area contributed by atoms with Crippen molar-refractivity contribution in [2.24, 2.45) is 5.92 Å². The number of carbonyl (C=O) groups excluding carboxylic acids is 1. The molecule has 0 bridgehead atoms. The normalized spacial score (nSPS) is 12.1. The summed E-state index contributed by atoms with van der Waals surface area (Å²) in [4.78, 5) is 12.5. The van der Waals surface area contributed by atoms with Crippen molar-refractivity contribution in [2.45, 2.75) is 47.1 Å². The first-order valence-corrected chi connectivity index (χ1v) is 9.19. The fourth-order valence-corrected chi connectivity index (χ4v) is 2.71. The van der Waals surface area contributed by atoms with Crippen molar-refractivity contribution in [3.63, 3.8) is 0 Å². The van der Waals surface area contributed by atoms with Crippen molar-refractivity contribution < 1.29 is 14.3 Å². The molecular weight excluding hydrogens is 330 g/mol. The first kappa shape index (κ1) is 19.8. The second-order valence-electron chi connectivity index (χ2n) is 6.64. The zero-order valence-electron chi connectivity index (χ0n) is 16.3. The molecule has 6 heteroatoms. The Balaban J connectivity index is 2.08. The van der Waals surface area contributed by atoms with E-state index in [4.69, 9.17) is 9.47 Å². The molecule has 0 aliphatic rings. The highest BCUT2D eigenvalue weighted by atomic mass is 16.5. The fraction of sp³-hybridized carbons (Fsp3) is 0.500. The Labute approximate surface area is 155 Å². The van der Waals surface area contributed by atoms with Crippen molar-refractivity contribution >= 4 is 5.91 Å². The average molecular weight is 359 g/mol. The van der Waals surface area contributed by atoms with E-state index in [1.165, 1.54) is 0 Å². The van der Waals surface area contributed by atoms with Crippen LogP contribution in [-0.4, -0.2) is 29.3 Å². The van der Waals surface area contributed by atoms with E-state index in [-0.39, 0.29) is 11.9 Å². The van der Waals surface area contributed by atoms with Crippen LogP contribution in [0.1, 0.15) is 62.4 Å². The molecule has 1 aromatic carbocycles. The molecule has 6 nitrogen and oxygen atoms in total. The molecule has 0 saturated carbocycles. The molecule has 26 heavy (non-hydrogen) atoms. The molecule has 2 aromatic rings. The van der Waals surface area contributed by atoms with Crippen LogP contribution in [0.5, 0.6) is 11.5 Å². The Morgan fingerprint density at radius 1 is 1.12 bits per heavy atom. The quantitative estimate of drug-likeness (QED) is 0.712. The summed E-state index contributed by atoms with van der Waals surface area (Å²) in [5.41, 5.74) is 2.32. The molecule has 0 radical (unpaired) electrons. The van der Waals surface area contributed by atoms with E-state index >= 15 is 0 Å². The van der Waals surface area contributed by atoms with Crippen LogP contribution in [0.4, 0.5) is 0 Å². The molecule has 142 valence electrons. The molecular formula is C20H29N3O3. The second-order valence-corrected chi connectivity index (χ2v) is 6.64. The van der Waals surface area contributed by atoms with Gasteiger partial charge in [-0.1, -0.05) is 19.9 Å². The van der Waals surface area contributed by atoms with Crippen LogP contribution in [0.3, 0.4) is 0 Å². The van der Waals surface area contributed by atoms with Gasteiger partial charge in [-0.2, -0.15) is 5.10 Å². The smallest absolute Gasteiger partial charge is 0.272 e. The number of ether oxygens (including phenoxy) is 2. The van der Waals surface area contributed by atoms with Crippen molar-refractivity contribution in [1.29, 1.82) is 0 Å². The lowest BCUT2D eigenvalue weighted by Gasteiger charge is -2.17. The van der Waals surface area contributed by atoms with E-state index in [9.17, 15) is 4.79 Å². The monoisotopic (exact) mass is 359 g/mol. The van der Waals surface area contributed by atoms with Crippen LogP contribution in [0.2, 0.25) is 0 Å². The first-order chi connectivity index (χ1) is 12.4. The lowest BCUT2D eigenvalue weighted by Crippen LogP contribution is -2.27. The predicted octanol–water partition coefficient (Wildman–Crippen LogP) is 3.90. The van der Waals surface area contributed by atoms with Gasteiger partial charge in [0.2, 0.25) is 0 Å². The molecule has 2 N–H and O–H groups in total. The summed E-state index contributed by atoms with van der Waals surface area (Å²) in [6.07, 6.45) is 0.868. The number of rotatable bonds is 9. The number of nitrogens with zero attached hydrogens (tertiary/aromatic N) is 1. The van der Waals surface area contributed by atoms with Crippen molar-refractivity contribution in [3.05, 3.63) is 41.2 Å². The van der Waals surface area contributed by atoms with Gasteiger partial charge < -0.3 is 14.8 Å². The van der Waals surface area contributed by atoms with E-state index in [1.807, 2.05) is 45.0 Å². The van der Waals surface area contributed by atoms with E-state index in [2.05, 4.69) is 29.4 Å². The van der Waals surface area contributed by atoms with Gasteiger partial charge in [-0.05, 0) is 56.9 Å². The van der Waals surface area contributed by atoms with Crippen molar-refractivity contribution in [3.8, 4) is 11.5 Å². The third-order valence-corrected chi connectivity index (χ3v) is 3.91. The minimum absolute atomic E-state index is 0.178. The van der Waals surface area contributed by atoms with E-state index in [0.29, 0.717) is 36.3 Å². The molecule has 0 aliphatic heterocycles. The van der Waals surface area contributed by atoms with Gasteiger partial charge in [-0.15, -0.1) is 0 Å². The van der Waals surface area contributed by atoms with Crippen molar-refractivity contribution in [2.75, 3.05) is 13.2 Å².